The molecule has 1 aromatic carbocycles. The van der Waals surface area contributed by atoms with E-state index in [1.54, 1.807) is 0 Å². The third kappa shape index (κ3) is 3.23. The number of nitrogens with one attached hydrogen (secondary N) is 1. The molecule has 0 radical (unpaired) electrons. The summed E-state index contributed by atoms with van der Waals surface area (Å²) < 4.78 is 5.11. The van der Waals surface area contributed by atoms with Crippen molar-refractivity contribution in [3.05, 3.63) is 29.8 Å². The summed E-state index contributed by atoms with van der Waals surface area (Å²) in [6, 6.07) is 8.40. The first-order valence-corrected chi connectivity index (χ1v) is 6.88. The van der Waals surface area contributed by atoms with Crippen LogP contribution in [-0.2, 0) is 9.53 Å². The third-order valence-corrected chi connectivity index (χ3v) is 3.85. The largest absolute Gasteiger partial charge is 0.372 e. The predicted molar refractivity (Wildman–Crippen MR) is 69.2 cm³/mol. The lowest BCUT2D eigenvalue weighted by Crippen LogP contribution is -2.33. The SMILES string of the molecule is CCOCC(=O)NC1CCSc2ccccc21. The first-order chi connectivity index (χ1) is 8.31. The molecule has 0 bridgehead atoms. The molecule has 1 amide bonds. The van der Waals surface area contributed by atoms with Crippen molar-refractivity contribution >= 4 is 17.7 Å². The number of ether oxygens (including phenoxy) is 1. The van der Waals surface area contributed by atoms with Gasteiger partial charge in [-0.3, -0.25) is 4.79 Å². The Morgan fingerprint density at radius 3 is 3.18 bits per heavy atom. The molecule has 1 aliphatic heterocycles. The average molecular weight is 251 g/mol. The van der Waals surface area contributed by atoms with E-state index in [4.69, 9.17) is 4.74 Å². The van der Waals surface area contributed by atoms with Crippen LogP contribution >= 0.6 is 11.8 Å². The Balaban J connectivity index is 2.01. The molecule has 1 atom stereocenters. The molecule has 17 heavy (non-hydrogen) atoms. The molecule has 1 unspecified atom stereocenters. The zero-order valence-electron chi connectivity index (χ0n) is 9.94. The van der Waals surface area contributed by atoms with Crippen LogP contribution in [0, 0.1) is 0 Å². The van der Waals surface area contributed by atoms with Crippen LogP contribution < -0.4 is 5.32 Å². The summed E-state index contributed by atoms with van der Waals surface area (Å²) in [6.45, 7) is 2.62. The van der Waals surface area contributed by atoms with Crippen LogP contribution in [0.1, 0.15) is 24.9 Å². The lowest BCUT2D eigenvalue weighted by molar-refractivity contribution is -0.126. The minimum Gasteiger partial charge on any atom is -0.372 e. The Morgan fingerprint density at radius 2 is 2.35 bits per heavy atom. The van der Waals surface area contributed by atoms with E-state index in [-0.39, 0.29) is 18.6 Å². The lowest BCUT2D eigenvalue weighted by atomic mass is 10.0. The van der Waals surface area contributed by atoms with E-state index in [0.29, 0.717) is 6.61 Å². The number of carbonyl (C=O) groups excluding carboxylic acids is 1. The predicted octanol–water partition coefficient (Wildman–Crippen LogP) is 2.38. The van der Waals surface area contributed by atoms with Gasteiger partial charge in [0.25, 0.3) is 0 Å². The molecule has 1 heterocycles. The molecule has 0 saturated heterocycles. The maximum absolute atomic E-state index is 11.6. The minimum absolute atomic E-state index is 0.0291. The highest BCUT2D eigenvalue weighted by Crippen LogP contribution is 2.35. The highest BCUT2D eigenvalue weighted by Gasteiger charge is 2.21. The van der Waals surface area contributed by atoms with E-state index >= 15 is 0 Å². The molecule has 2 rings (SSSR count). The zero-order valence-corrected chi connectivity index (χ0v) is 10.8. The highest BCUT2D eigenvalue weighted by molar-refractivity contribution is 7.99. The van der Waals surface area contributed by atoms with Gasteiger partial charge < -0.3 is 10.1 Å². The van der Waals surface area contributed by atoms with Crippen LogP contribution in [-0.4, -0.2) is 24.9 Å². The topological polar surface area (TPSA) is 38.3 Å². The Labute approximate surface area is 106 Å². The number of thioether (sulfide) groups is 1. The Hall–Kier alpha value is -1.00. The fourth-order valence-electron chi connectivity index (χ4n) is 1.92. The van der Waals surface area contributed by atoms with E-state index in [9.17, 15) is 4.79 Å². The minimum atomic E-state index is -0.0291. The van der Waals surface area contributed by atoms with Crippen molar-refractivity contribution < 1.29 is 9.53 Å². The Bertz CT molecular complexity index is 395. The van der Waals surface area contributed by atoms with Crippen molar-refractivity contribution in [2.75, 3.05) is 19.0 Å². The van der Waals surface area contributed by atoms with E-state index in [0.717, 1.165) is 12.2 Å². The number of rotatable bonds is 4. The molecule has 0 spiro atoms. The number of hydrogen-bond donors (Lipinski definition) is 1. The summed E-state index contributed by atoms with van der Waals surface area (Å²) in [5.74, 6) is 1.02. The van der Waals surface area contributed by atoms with Crippen LogP contribution in [0.3, 0.4) is 0 Å². The summed E-state index contributed by atoms with van der Waals surface area (Å²) in [5, 5.41) is 3.03. The Kier molecular flexibility index (Phi) is 4.45. The molecule has 1 aliphatic rings. The quantitative estimate of drug-likeness (QED) is 0.893. The highest BCUT2D eigenvalue weighted by atomic mass is 32.2. The van der Waals surface area contributed by atoms with Crippen LogP contribution in [0.2, 0.25) is 0 Å². The van der Waals surface area contributed by atoms with Gasteiger partial charge >= 0.3 is 0 Å². The summed E-state index contributed by atoms with van der Waals surface area (Å²) in [5.41, 5.74) is 1.23. The van der Waals surface area contributed by atoms with Gasteiger partial charge in [0.15, 0.2) is 0 Å². The van der Waals surface area contributed by atoms with Crippen LogP contribution in [0.5, 0.6) is 0 Å². The summed E-state index contributed by atoms with van der Waals surface area (Å²) in [4.78, 5) is 12.9. The maximum Gasteiger partial charge on any atom is 0.246 e. The van der Waals surface area contributed by atoms with Crippen molar-refractivity contribution in [1.29, 1.82) is 0 Å². The fourth-order valence-corrected chi connectivity index (χ4v) is 3.05. The van der Waals surface area contributed by atoms with E-state index in [1.807, 2.05) is 30.8 Å². The smallest absolute Gasteiger partial charge is 0.246 e. The first-order valence-electron chi connectivity index (χ1n) is 5.90. The molecule has 1 aromatic rings. The van der Waals surface area contributed by atoms with Gasteiger partial charge in [-0.25, -0.2) is 0 Å². The number of benzene rings is 1. The van der Waals surface area contributed by atoms with Crippen molar-refractivity contribution in [3.63, 3.8) is 0 Å². The van der Waals surface area contributed by atoms with Crippen LogP contribution in [0.15, 0.2) is 29.2 Å². The zero-order chi connectivity index (χ0) is 12.1. The Morgan fingerprint density at radius 1 is 1.53 bits per heavy atom. The van der Waals surface area contributed by atoms with Crippen LogP contribution in [0.25, 0.3) is 0 Å². The molecular formula is C13H17NO2S. The second-order valence-corrected chi connectivity index (χ2v) is 5.07. The first kappa shape index (κ1) is 12.5. The summed E-state index contributed by atoms with van der Waals surface area (Å²) in [6.07, 6.45) is 0.986. The number of carbonyl (C=O) groups is 1. The van der Waals surface area contributed by atoms with Gasteiger partial charge in [-0.15, -0.1) is 11.8 Å². The number of hydrogen-bond acceptors (Lipinski definition) is 3. The van der Waals surface area contributed by atoms with Crippen molar-refractivity contribution in [3.8, 4) is 0 Å². The van der Waals surface area contributed by atoms with Gasteiger partial charge in [0.2, 0.25) is 5.91 Å². The molecule has 0 saturated carbocycles. The van der Waals surface area contributed by atoms with E-state index < -0.39 is 0 Å². The summed E-state index contributed by atoms with van der Waals surface area (Å²) >= 11 is 1.85. The normalized spacial score (nSPS) is 18.5. The molecule has 3 nitrogen and oxygen atoms in total. The van der Waals surface area contributed by atoms with E-state index in [1.165, 1.54) is 10.5 Å². The van der Waals surface area contributed by atoms with E-state index in [2.05, 4.69) is 17.4 Å². The van der Waals surface area contributed by atoms with Crippen molar-refractivity contribution in [2.24, 2.45) is 0 Å². The van der Waals surface area contributed by atoms with Crippen LogP contribution in [0.4, 0.5) is 0 Å². The number of fused-ring (bicyclic) bond motifs is 1. The lowest BCUT2D eigenvalue weighted by Gasteiger charge is -2.25. The second-order valence-electron chi connectivity index (χ2n) is 3.93. The molecular weight excluding hydrogens is 234 g/mol. The second kappa shape index (κ2) is 6.07. The molecule has 1 N–H and O–H groups in total. The molecule has 0 aliphatic carbocycles. The van der Waals surface area contributed by atoms with Gasteiger partial charge in [-0.1, -0.05) is 18.2 Å². The van der Waals surface area contributed by atoms with Gasteiger partial charge in [-0.05, 0) is 25.0 Å². The monoisotopic (exact) mass is 251 g/mol. The van der Waals surface area contributed by atoms with Gasteiger partial charge in [-0.2, -0.15) is 0 Å². The fraction of sp³-hybridized carbons (Fsp3) is 0.462. The van der Waals surface area contributed by atoms with Crippen molar-refractivity contribution in [2.45, 2.75) is 24.3 Å². The maximum atomic E-state index is 11.6. The molecule has 92 valence electrons. The van der Waals surface area contributed by atoms with Gasteiger partial charge in [0, 0.05) is 17.3 Å². The average Bonchev–Trinajstić information content (AvgIpc) is 2.37. The van der Waals surface area contributed by atoms with Gasteiger partial charge in [0.05, 0.1) is 6.04 Å². The van der Waals surface area contributed by atoms with Crippen molar-refractivity contribution in [1.82, 2.24) is 5.32 Å². The summed E-state index contributed by atoms with van der Waals surface area (Å²) in [7, 11) is 0. The molecule has 4 heteroatoms. The van der Waals surface area contributed by atoms with Gasteiger partial charge in [0.1, 0.15) is 6.61 Å². The third-order valence-electron chi connectivity index (χ3n) is 2.73. The molecule has 0 aromatic heterocycles. The molecule has 0 fully saturated rings. The standard InChI is InChI=1S/C13H17NO2S/c1-2-16-9-13(15)14-11-7-8-17-12-6-4-3-5-10(11)12/h3-6,11H,2,7-9H2,1H3,(H,14,15). The number of amides is 1.